The summed E-state index contributed by atoms with van der Waals surface area (Å²) in [6.45, 7) is 0. The summed E-state index contributed by atoms with van der Waals surface area (Å²) in [5, 5.41) is 8.49. The minimum absolute atomic E-state index is 0.602. The summed E-state index contributed by atoms with van der Waals surface area (Å²) >= 11 is 0. The summed E-state index contributed by atoms with van der Waals surface area (Å²) in [6, 6.07) is 69.9. The van der Waals surface area contributed by atoms with E-state index in [-0.39, 0.29) is 0 Å². The van der Waals surface area contributed by atoms with Crippen LogP contribution in [0.2, 0.25) is 0 Å². The van der Waals surface area contributed by atoms with Crippen LogP contribution in [-0.4, -0.2) is 15.0 Å². The van der Waals surface area contributed by atoms with Gasteiger partial charge in [0, 0.05) is 27.6 Å². The summed E-state index contributed by atoms with van der Waals surface area (Å²) < 4.78 is 6.18. The van der Waals surface area contributed by atoms with Crippen LogP contribution in [-0.2, 0) is 0 Å². The highest BCUT2D eigenvalue weighted by molar-refractivity contribution is 6.20. The number of para-hydroxylation sites is 1. The molecule has 0 aliphatic carbocycles. The first-order valence-corrected chi connectivity index (χ1v) is 19.2. The van der Waals surface area contributed by atoms with Gasteiger partial charge in [-0.25, -0.2) is 15.0 Å². The number of benzene rings is 9. The van der Waals surface area contributed by atoms with Gasteiger partial charge in [-0.05, 0) is 72.8 Å². The molecular formula is C53H33N3O. The highest BCUT2D eigenvalue weighted by atomic mass is 16.3. The van der Waals surface area contributed by atoms with E-state index in [9.17, 15) is 0 Å². The van der Waals surface area contributed by atoms with Crippen molar-refractivity contribution in [3.8, 4) is 67.7 Å². The monoisotopic (exact) mass is 727 g/mol. The van der Waals surface area contributed by atoms with Gasteiger partial charge in [-0.3, -0.25) is 0 Å². The Labute approximate surface area is 329 Å². The predicted octanol–water partition coefficient (Wildman–Crippen LogP) is 14.1. The molecule has 9 aromatic carbocycles. The molecule has 0 aliphatic heterocycles. The third-order valence-electron chi connectivity index (χ3n) is 10.9. The van der Waals surface area contributed by atoms with Gasteiger partial charge in [-0.2, -0.15) is 0 Å². The number of fused-ring (bicyclic) bond motifs is 5. The fourth-order valence-electron chi connectivity index (χ4n) is 8.13. The van der Waals surface area contributed by atoms with Crippen LogP contribution in [0.5, 0.6) is 0 Å². The van der Waals surface area contributed by atoms with Gasteiger partial charge in [0.2, 0.25) is 0 Å². The molecule has 0 amide bonds. The van der Waals surface area contributed by atoms with Gasteiger partial charge in [-0.1, -0.05) is 182 Å². The summed E-state index contributed by atoms with van der Waals surface area (Å²) in [6.07, 6.45) is 0. The molecule has 4 heteroatoms. The third-order valence-corrected chi connectivity index (χ3v) is 10.9. The van der Waals surface area contributed by atoms with E-state index < -0.39 is 0 Å². The Morgan fingerprint density at radius 2 is 0.860 bits per heavy atom. The number of rotatable bonds is 6. The number of furan rings is 1. The lowest BCUT2D eigenvalue weighted by Gasteiger charge is -2.15. The van der Waals surface area contributed by atoms with Crippen molar-refractivity contribution < 1.29 is 4.42 Å². The van der Waals surface area contributed by atoms with Crippen molar-refractivity contribution in [1.82, 2.24) is 15.0 Å². The molecular weight excluding hydrogens is 695 g/mol. The molecule has 0 saturated carbocycles. The number of hydrogen-bond donors (Lipinski definition) is 0. The van der Waals surface area contributed by atoms with Crippen LogP contribution in [0.3, 0.4) is 0 Å². The average molecular weight is 728 g/mol. The van der Waals surface area contributed by atoms with E-state index in [1.807, 2.05) is 30.3 Å². The smallest absolute Gasteiger partial charge is 0.164 e. The lowest BCUT2D eigenvalue weighted by atomic mass is 9.89. The van der Waals surface area contributed by atoms with E-state index >= 15 is 0 Å². The summed E-state index contributed by atoms with van der Waals surface area (Å²) in [4.78, 5) is 15.4. The minimum atomic E-state index is 0.602. The quantitative estimate of drug-likeness (QED) is 0.126. The summed E-state index contributed by atoms with van der Waals surface area (Å²) in [5.74, 6) is 2.65. The van der Waals surface area contributed by atoms with E-state index in [0.29, 0.717) is 17.5 Å². The van der Waals surface area contributed by atoms with Crippen LogP contribution in [0.25, 0.3) is 111 Å². The van der Waals surface area contributed by atoms with Gasteiger partial charge in [-0.15, -0.1) is 0 Å². The normalized spacial score (nSPS) is 11.5. The second-order valence-electron chi connectivity index (χ2n) is 14.4. The molecule has 2 aromatic heterocycles. The maximum atomic E-state index is 6.18. The SMILES string of the molecule is c1ccc(-c2ccccc2-c2nc(-c3ccc(-c4cc5ccccc5o4)cc3)nc(-c3ccc(-c4c5ccccc5cc5c4ccc4ccccc45)cc3)n2)cc1. The molecule has 0 aliphatic rings. The highest BCUT2D eigenvalue weighted by Crippen LogP contribution is 2.40. The first-order valence-electron chi connectivity index (χ1n) is 19.2. The van der Waals surface area contributed by atoms with E-state index in [1.165, 1.54) is 37.9 Å². The van der Waals surface area contributed by atoms with Crippen molar-refractivity contribution in [2.24, 2.45) is 0 Å². The minimum Gasteiger partial charge on any atom is -0.456 e. The molecule has 11 aromatic rings. The van der Waals surface area contributed by atoms with Crippen molar-refractivity contribution in [3.63, 3.8) is 0 Å². The molecule has 0 atom stereocenters. The predicted molar refractivity (Wildman–Crippen MR) is 235 cm³/mol. The Kier molecular flexibility index (Phi) is 7.78. The van der Waals surface area contributed by atoms with Gasteiger partial charge in [0.05, 0.1) is 0 Å². The summed E-state index contributed by atoms with van der Waals surface area (Å²) in [7, 11) is 0. The topological polar surface area (TPSA) is 51.8 Å². The Morgan fingerprint density at radius 1 is 0.298 bits per heavy atom. The van der Waals surface area contributed by atoms with E-state index in [0.717, 1.165) is 55.7 Å². The standard InChI is InChI=1S/C53H33N3O/c1-2-12-34(13-3-1)42-17-9-10-20-46(42)53-55-51(38-26-22-36(23-27-38)49-33-41-16-6-11-21-48(41)57-49)54-52(56-53)39-28-24-37(25-29-39)50-44-19-8-5-15-40(44)32-47-43-18-7-4-14-35(43)30-31-45(47)50/h1-33H. The van der Waals surface area contributed by atoms with Crippen LogP contribution in [0, 0.1) is 0 Å². The molecule has 0 spiro atoms. The molecule has 4 nitrogen and oxygen atoms in total. The fourth-order valence-corrected chi connectivity index (χ4v) is 8.13. The molecule has 0 unspecified atom stereocenters. The van der Waals surface area contributed by atoms with Crippen molar-refractivity contribution in [1.29, 1.82) is 0 Å². The van der Waals surface area contributed by atoms with Gasteiger partial charge >= 0.3 is 0 Å². The third kappa shape index (κ3) is 5.83. The lowest BCUT2D eigenvalue weighted by Crippen LogP contribution is -2.01. The second kappa shape index (κ2) is 13.6. The Balaban J connectivity index is 1.05. The van der Waals surface area contributed by atoms with E-state index in [4.69, 9.17) is 19.4 Å². The Morgan fingerprint density at radius 3 is 1.60 bits per heavy atom. The zero-order valence-electron chi connectivity index (χ0n) is 30.8. The molecule has 0 fully saturated rings. The molecule has 0 N–H and O–H groups in total. The first kappa shape index (κ1) is 32.7. The number of nitrogens with zero attached hydrogens (tertiary/aromatic N) is 3. The molecule has 0 radical (unpaired) electrons. The van der Waals surface area contributed by atoms with Crippen molar-refractivity contribution in [2.45, 2.75) is 0 Å². The van der Waals surface area contributed by atoms with Crippen LogP contribution in [0.15, 0.2) is 205 Å². The lowest BCUT2D eigenvalue weighted by molar-refractivity contribution is 0.631. The van der Waals surface area contributed by atoms with Crippen LogP contribution in [0.1, 0.15) is 0 Å². The Bertz CT molecular complexity index is 3240. The van der Waals surface area contributed by atoms with Crippen molar-refractivity contribution in [3.05, 3.63) is 200 Å². The number of aromatic nitrogens is 3. The highest BCUT2D eigenvalue weighted by Gasteiger charge is 2.18. The zero-order chi connectivity index (χ0) is 37.7. The maximum absolute atomic E-state index is 6.18. The molecule has 57 heavy (non-hydrogen) atoms. The fraction of sp³-hybridized carbons (Fsp3) is 0. The zero-order valence-corrected chi connectivity index (χ0v) is 30.8. The van der Waals surface area contributed by atoms with Gasteiger partial charge < -0.3 is 4.42 Å². The molecule has 0 bridgehead atoms. The molecule has 0 saturated heterocycles. The Hall–Kier alpha value is -7.69. The number of hydrogen-bond acceptors (Lipinski definition) is 4. The van der Waals surface area contributed by atoms with E-state index in [1.54, 1.807) is 0 Å². The van der Waals surface area contributed by atoms with Crippen LogP contribution >= 0.6 is 0 Å². The summed E-state index contributed by atoms with van der Waals surface area (Å²) in [5.41, 5.74) is 9.13. The van der Waals surface area contributed by atoms with Gasteiger partial charge in [0.1, 0.15) is 11.3 Å². The van der Waals surface area contributed by atoms with Crippen LogP contribution < -0.4 is 0 Å². The average Bonchev–Trinajstić information content (AvgIpc) is 3.73. The molecule has 266 valence electrons. The van der Waals surface area contributed by atoms with Crippen molar-refractivity contribution in [2.75, 3.05) is 0 Å². The first-order chi connectivity index (χ1) is 28.2. The van der Waals surface area contributed by atoms with E-state index in [2.05, 4.69) is 170 Å². The largest absolute Gasteiger partial charge is 0.456 e. The second-order valence-corrected chi connectivity index (χ2v) is 14.4. The van der Waals surface area contributed by atoms with Gasteiger partial charge in [0.15, 0.2) is 17.5 Å². The van der Waals surface area contributed by atoms with Gasteiger partial charge in [0.25, 0.3) is 0 Å². The molecule has 2 heterocycles. The van der Waals surface area contributed by atoms with Crippen molar-refractivity contribution >= 4 is 43.3 Å². The van der Waals surface area contributed by atoms with Crippen LogP contribution in [0.4, 0.5) is 0 Å². The molecule has 11 rings (SSSR count). The maximum Gasteiger partial charge on any atom is 0.164 e.